The second kappa shape index (κ2) is 2.88. The molecule has 1 heterocycles. The number of hydrogen-bond acceptors (Lipinski definition) is 2. The van der Waals surface area contributed by atoms with Crippen molar-refractivity contribution in [3.05, 3.63) is 11.4 Å². The molecule has 3 nitrogen and oxygen atoms in total. The highest BCUT2D eigenvalue weighted by atomic mass is 15.4. The molecule has 1 aromatic rings. The molecule has 1 aliphatic rings. The van der Waals surface area contributed by atoms with Crippen LogP contribution in [0.3, 0.4) is 0 Å². The Balaban J connectivity index is 2.41. The van der Waals surface area contributed by atoms with Crippen LogP contribution >= 0.6 is 0 Å². The van der Waals surface area contributed by atoms with Gasteiger partial charge in [-0.15, -0.1) is 5.10 Å². The fraction of sp³-hybridized carbons (Fsp3) is 0.778. The van der Waals surface area contributed by atoms with E-state index in [1.54, 1.807) is 0 Å². The molecule has 0 unspecified atom stereocenters. The molecule has 0 amide bonds. The average molecular weight is 165 g/mol. The number of fused-ring (bicyclic) bond motifs is 1. The van der Waals surface area contributed by atoms with Crippen LogP contribution in [-0.4, -0.2) is 15.0 Å². The minimum Gasteiger partial charge on any atom is -0.252 e. The highest BCUT2D eigenvalue weighted by Gasteiger charge is 2.19. The molecule has 0 aromatic carbocycles. The normalized spacial score (nSPS) is 23.3. The van der Waals surface area contributed by atoms with Crippen LogP contribution in [0.15, 0.2) is 0 Å². The summed E-state index contributed by atoms with van der Waals surface area (Å²) in [6.45, 7) is 2.25. The standard InChI is InChI=1S/C9H15N3/c1-7-5-3-4-6-8-9(7)10-11-12(8)2/h7H,3-6H2,1-2H3/t7-/m0/s1. The van der Waals surface area contributed by atoms with Crippen molar-refractivity contribution in [1.82, 2.24) is 15.0 Å². The van der Waals surface area contributed by atoms with Gasteiger partial charge in [0.25, 0.3) is 0 Å². The highest BCUT2D eigenvalue weighted by molar-refractivity contribution is 5.16. The maximum atomic E-state index is 4.21. The molecule has 1 aliphatic carbocycles. The van der Waals surface area contributed by atoms with Gasteiger partial charge in [-0.2, -0.15) is 0 Å². The zero-order valence-corrected chi connectivity index (χ0v) is 7.75. The molecule has 0 radical (unpaired) electrons. The molecule has 0 saturated heterocycles. The third-order valence-corrected chi connectivity index (χ3v) is 2.74. The molecule has 1 atom stereocenters. The van der Waals surface area contributed by atoms with Crippen LogP contribution in [0.25, 0.3) is 0 Å². The van der Waals surface area contributed by atoms with Gasteiger partial charge in [-0.05, 0) is 19.3 Å². The highest BCUT2D eigenvalue weighted by Crippen LogP contribution is 2.27. The van der Waals surface area contributed by atoms with E-state index in [-0.39, 0.29) is 0 Å². The van der Waals surface area contributed by atoms with Gasteiger partial charge in [0.2, 0.25) is 0 Å². The Kier molecular flexibility index (Phi) is 1.87. The molecular formula is C9H15N3. The molecule has 1 aromatic heterocycles. The van der Waals surface area contributed by atoms with Crippen molar-refractivity contribution in [2.75, 3.05) is 0 Å². The Morgan fingerprint density at radius 2 is 2.25 bits per heavy atom. The Labute approximate surface area is 72.8 Å². The number of hydrogen-bond donors (Lipinski definition) is 0. The van der Waals surface area contributed by atoms with Crippen LogP contribution < -0.4 is 0 Å². The van der Waals surface area contributed by atoms with Crippen LogP contribution in [0.2, 0.25) is 0 Å². The molecule has 0 saturated carbocycles. The van der Waals surface area contributed by atoms with E-state index in [1.807, 2.05) is 11.7 Å². The first-order valence-electron chi connectivity index (χ1n) is 4.67. The third-order valence-electron chi connectivity index (χ3n) is 2.74. The van der Waals surface area contributed by atoms with Gasteiger partial charge in [-0.25, -0.2) is 0 Å². The number of nitrogens with zero attached hydrogens (tertiary/aromatic N) is 3. The lowest BCUT2D eigenvalue weighted by Gasteiger charge is -2.04. The molecule has 12 heavy (non-hydrogen) atoms. The minimum absolute atomic E-state index is 0.608. The van der Waals surface area contributed by atoms with Crippen LogP contribution in [0, 0.1) is 0 Å². The number of aryl methyl sites for hydroxylation is 1. The smallest absolute Gasteiger partial charge is 0.0887 e. The van der Waals surface area contributed by atoms with Crippen molar-refractivity contribution in [2.45, 2.75) is 38.5 Å². The summed E-state index contributed by atoms with van der Waals surface area (Å²) in [7, 11) is 1.99. The lowest BCUT2D eigenvalue weighted by Crippen LogP contribution is -1.99. The number of aromatic nitrogens is 3. The summed E-state index contributed by atoms with van der Waals surface area (Å²) in [4.78, 5) is 0. The maximum absolute atomic E-state index is 4.21. The summed E-state index contributed by atoms with van der Waals surface area (Å²) in [5.41, 5.74) is 2.58. The molecule has 0 N–H and O–H groups in total. The van der Waals surface area contributed by atoms with E-state index in [0.717, 1.165) is 6.42 Å². The zero-order chi connectivity index (χ0) is 8.55. The van der Waals surface area contributed by atoms with Crippen molar-refractivity contribution >= 4 is 0 Å². The van der Waals surface area contributed by atoms with E-state index in [2.05, 4.69) is 17.2 Å². The van der Waals surface area contributed by atoms with Crippen molar-refractivity contribution in [3.8, 4) is 0 Å². The Hall–Kier alpha value is -0.860. The van der Waals surface area contributed by atoms with Crippen LogP contribution in [-0.2, 0) is 13.5 Å². The summed E-state index contributed by atoms with van der Waals surface area (Å²) in [5, 5.41) is 8.27. The largest absolute Gasteiger partial charge is 0.252 e. The van der Waals surface area contributed by atoms with Gasteiger partial charge in [0.15, 0.2) is 0 Å². The first kappa shape index (κ1) is 7.77. The van der Waals surface area contributed by atoms with Gasteiger partial charge in [0.05, 0.1) is 11.4 Å². The molecule has 3 heteroatoms. The Morgan fingerprint density at radius 3 is 3.08 bits per heavy atom. The molecule has 0 aliphatic heterocycles. The topological polar surface area (TPSA) is 30.7 Å². The fourth-order valence-corrected chi connectivity index (χ4v) is 1.95. The van der Waals surface area contributed by atoms with Gasteiger partial charge in [-0.1, -0.05) is 18.6 Å². The van der Waals surface area contributed by atoms with E-state index < -0.39 is 0 Å². The average Bonchev–Trinajstić information content (AvgIpc) is 2.30. The van der Waals surface area contributed by atoms with E-state index in [9.17, 15) is 0 Å². The molecule has 0 bridgehead atoms. The molecule has 2 rings (SSSR count). The molecule has 0 spiro atoms. The monoisotopic (exact) mass is 165 g/mol. The maximum Gasteiger partial charge on any atom is 0.0887 e. The van der Waals surface area contributed by atoms with Crippen molar-refractivity contribution in [2.24, 2.45) is 7.05 Å². The predicted molar refractivity (Wildman–Crippen MR) is 47.0 cm³/mol. The molecule has 66 valence electrons. The van der Waals surface area contributed by atoms with Crippen LogP contribution in [0.4, 0.5) is 0 Å². The van der Waals surface area contributed by atoms with Gasteiger partial charge < -0.3 is 0 Å². The number of rotatable bonds is 0. The SMILES string of the molecule is C[C@H]1CCCCc2c1nnn2C. The van der Waals surface area contributed by atoms with Gasteiger partial charge in [0, 0.05) is 13.0 Å². The van der Waals surface area contributed by atoms with E-state index in [0.29, 0.717) is 5.92 Å². The van der Waals surface area contributed by atoms with E-state index in [1.165, 1.54) is 30.7 Å². The second-order valence-electron chi connectivity index (χ2n) is 3.69. The van der Waals surface area contributed by atoms with Gasteiger partial charge in [0.1, 0.15) is 0 Å². The fourth-order valence-electron chi connectivity index (χ4n) is 1.95. The van der Waals surface area contributed by atoms with Gasteiger partial charge in [-0.3, -0.25) is 4.68 Å². The van der Waals surface area contributed by atoms with Crippen LogP contribution in [0.5, 0.6) is 0 Å². The van der Waals surface area contributed by atoms with E-state index >= 15 is 0 Å². The Morgan fingerprint density at radius 1 is 1.42 bits per heavy atom. The van der Waals surface area contributed by atoms with E-state index in [4.69, 9.17) is 0 Å². The first-order chi connectivity index (χ1) is 5.79. The molecule has 0 fully saturated rings. The summed E-state index contributed by atoms with van der Waals surface area (Å²) >= 11 is 0. The van der Waals surface area contributed by atoms with Crippen molar-refractivity contribution in [1.29, 1.82) is 0 Å². The lowest BCUT2D eigenvalue weighted by molar-refractivity contribution is 0.601. The second-order valence-corrected chi connectivity index (χ2v) is 3.69. The van der Waals surface area contributed by atoms with Crippen molar-refractivity contribution in [3.63, 3.8) is 0 Å². The van der Waals surface area contributed by atoms with Crippen molar-refractivity contribution < 1.29 is 0 Å². The summed E-state index contributed by atoms with van der Waals surface area (Å²) in [5.74, 6) is 0.608. The first-order valence-corrected chi connectivity index (χ1v) is 4.67. The quantitative estimate of drug-likeness (QED) is 0.547. The van der Waals surface area contributed by atoms with Gasteiger partial charge >= 0.3 is 0 Å². The minimum atomic E-state index is 0.608. The summed E-state index contributed by atoms with van der Waals surface area (Å²) in [6, 6.07) is 0. The third kappa shape index (κ3) is 1.13. The molecular weight excluding hydrogens is 150 g/mol. The predicted octanol–water partition coefficient (Wildman–Crippen LogP) is 1.65. The summed E-state index contributed by atoms with van der Waals surface area (Å²) in [6.07, 6.45) is 5.05. The lowest BCUT2D eigenvalue weighted by atomic mass is 10.0. The Bertz CT molecular complexity index is 277. The summed E-state index contributed by atoms with van der Waals surface area (Å²) < 4.78 is 1.93. The zero-order valence-electron chi connectivity index (χ0n) is 7.75. The van der Waals surface area contributed by atoms with Crippen LogP contribution in [0.1, 0.15) is 43.5 Å².